The van der Waals surface area contributed by atoms with E-state index in [0.717, 1.165) is 17.2 Å². The van der Waals surface area contributed by atoms with Crippen LogP contribution < -0.4 is 5.32 Å². The van der Waals surface area contributed by atoms with E-state index < -0.39 is 0 Å². The van der Waals surface area contributed by atoms with E-state index in [2.05, 4.69) is 20.5 Å². The fourth-order valence-corrected chi connectivity index (χ4v) is 2.80. The molecule has 0 bridgehead atoms. The largest absolute Gasteiger partial charge is 0.353 e. The summed E-state index contributed by atoms with van der Waals surface area (Å²) in [6.45, 7) is 9.58. The molecule has 2 aromatic rings. The summed E-state index contributed by atoms with van der Waals surface area (Å²) in [4.78, 5) is 16.4. The lowest BCUT2D eigenvalue weighted by Gasteiger charge is -2.13. The van der Waals surface area contributed by atoms with Crippen LogP contribution in [-0.4, -0.2) is 36.8 Å². The maximum atomic E-state index is 11.9. The molecular weight excluding hydrogens is 274 g/mol. The maximum absolute atomic E-state index is 11.9. The molecule has 1 unspecified atom stereocenters. The van der Waals surface area contributed by atoms with Crippen molar-refractivity contribution in [2.45, 2.75) is 51.1 Å². The van der Waals surface area contributed by atoms with Crippen molar-refractivity contribution in [3.63, 3.8) is 0 Å². The summed E-state index contributed by atoms with van der Waals surface area (Å²) in [5.41, 5.74) is 1.67. The van der Waals surface area contributed by atoms with Gasteiger partial charge in [-0.05, 0) is 34.6 Å². The monoisotopic (exact) mass is 293 g/mol. The van der Waals surface area contributed by atoms with E-state index in [9.17, 15) is 4.79 Å². The van der Waals surface area contributed by atoms with Gasteiger partial charge in [0.2, 0.25) is 5.91 Å². The van der Waals surface area contributed by atoms with E-state index in [1.165, 1.54) is 11.8 Å². The molecule has 1 atom stereocenters. The molecule has 0 spiro atoms. The van der Waals surface area contributed by atoms with E-state index in [0.29, 0.717) is 5.16 Å². The fourth-order valence-electron chi connectivity index (χ4n) is 1.89. The average molecular weight is 293 g/mol. The van der Waals surface area contributed by atoms with Crippen LogP contribution in [0.4, 0.5) is 0 Å². The normalized spacial score (nSPS) is 12.9. The first kappa shape index (κ1) is 14.8. The number of amides is 1. The van der Waals surface area contributed by atoms with Gasteiger partial charge in [0.05, 0.1) is 5.25 Å². The van der Waals surface area contributed by atoms with Crippen LogP contribution in [0.25, 0.3) is 5.65 Å². The van der Waals surface area contributed by atoms with Crippen molar-refractivity contribution in [3.05, 3.63) is 17.6 Å². The van der Waals surface area contributed by atoms with Crippen molar-refractivity contribution in [3.8, 4) is 0 Å². The first-order valence-electron chi connectivity index (χ1n) is 6.55. The van der Waals surface area contributed by atoms with Gasteiger partial charge in [-0.15, -0.1) is 10.2 Å². The molecule has 7 heteroatoms. The fraction of sp³-hybridized carbons (Fsp3) is 0.538. The summed E-state index contributed by atoms with van der Waals surface area (Å²) < 4.78 is 1.87. The van der Waals surface area contributed by atoms with Crippen LogP contribution in [0.5, 0.6) is 0 Å². The van der Waals surface area contributed by atoms with Gasteiger partial charge in [0.25, 0.3) is 0 Å². The second kappa shape index (κ2) is 5.78. The molecule has 2 heterocycles. The number of aromatic nitrogens is 4. The predicted molar refractivity (Wildman–Crippen MR) is 78.9 cm³/mol. The Morgan fingerprint density at radius 2 is 2.00 bits per heavy atom. The Balaban J connectivity index is 2.24. The van der Waals surface area contributed by atoms with Gasteiger partial charge in [-0.2, -0.15) is 0 Å². The van der Waals surface area contributed by atoms with Crippen molar-refractivity contribution in [2.24, 2.45) is 0 Å². The quantitative estimate of drug-likeness (QED) is 0.869. The van der Waals surface area contributed by atoms with Gasteiger partial charge < -0.3 is 5.32 Å². The molecule has 0 fully saturated rings. The topological polar surface area (TPSA) is 72.2 Å². The Morgan fingerprint density at radius 1 is 1.30 bits per heavy atom. The third-order valence-electron chi connectivity index (χ3n) is 2.74. The molecule has 0 aliphatic rings. The average Bonchev–Trinajstić information content (AvgIpc) is 2.71. The number of fused-ring (bicyclic) bond motifs is 1. The minimum atomic E-state index is -0.231. The predicted octanol–water partition coefficient (Wildman–Crippen LogP) is 1.75. The molecule has 1 amide bonds. The first-order valence-corrected chi connectivity index (χ1v) is 7.43. The number of carbonyl (C=O) groups excluding carboxylic acids is 1. The van der Waals surface area contributed by atoms with Crippen LogP contribution in [0.15, 0.2) is 11.2 Å². The molecule has 0 aromatic carbocycles. The Hall–Kier alpha value is -1.63. The molecule has 2 aromatic heterocycles. The van der Waals surface area contributed by atoms with Crippen LogP contribution in [-0.2, 0) is 4.79 Å². The van der Waals surface area contributed by atoms with Crippen LogP contribution in [0.1, 0.15) is 32.3 Å². The highest BCUT2D eigenvalue weighted by Crippen LogP contribution is 2.23. The van der Waals surface area contributed by atoms with Gasteiger partial charge >= 0.3 is 0 Å². The van der Waals surface area contributed by atoms with E-state index in [4.69, 9.17) is 0 Å². The summed E-state index contributed by atoms with van der Waals surface area (Å²) in [6, 6.07) is 2.01. The molecule has 20 heavy (non-hydrogen) atoms. The molecule has 1 N–H and O–H groups in total. The molecule has 0 aliphatic carbocycles. The number of carbonyl (C=O) groups is 1. The van der Waals surface area contributed by atoms with E-state index >= 15 is 0 Å². The summed E-state index contributed by atoms with van der Waals surface area (Å²) in [5.74, 6) is 0.823. The second-order valence-corrected chi connectivity index (χ2v) is 6.35. The number of hydrogen-bond acceptors (Lipinski definition) is 5. The minimum absolute atomic E-state index is 0.000487. The molecule has 0 saturated heterocycles. The molecule has 6 nitrogen and oxygen atoms in total. The molecule has 0 radical (unpaired) electrons. The van der Waals surface area contributed by atoms with E-state index in [1.54, 1.807) is 0 Å². The number of nitrogens with zero attached hydrogens (tertiary/aromatic N) is 4. The zero-order chi connectivity index (χ0) is 14.9. The Kier molecular flexibility index (Phi) is 4.27. The summed E-state index contributed by atoms with van der Waals surface area (Å²) in [6.07, 6.45) is 0. The zero-order valence-electron chi connectivity index (χ0n) is 12.3. The molecule has 0 aliphatic heterocycles. The van der Waals surface area contributed by atoms with Crippen LogP contribution in [0.2, 0.25) is 0 Å². The van der Waals surface area contributed by atoms with Gasteiger partial charge in [-0.25, -0.2) is 4.98 Å². The molecule has 0 saturated carbocycles. The van der Waals surface area contributed by atoms with Crippen molar-refractivity contribution < 1.29 is 4.79 Å². The Morgan fingerprint density at radius 3 is 2.65 bits per heavy atom. The van der Waals surface area contributed by atoms with Crippen LogP contribution in [0, 0.1) is 13.8 Å². The first-order chi connectivity index (χ1) is 9.38. The second-order valence-electron chi connectivity index (χ2n) is 5.04. The molecular formula is C13H19N5OS. The Bertz CT molecular complexity index is 637. The molecule has 2 rings (SSSR count). The van der Waals surface area contributed by atoms with Crippen LogP contribution >= 0.6 is 11.8 Å². The number of rotatable bonds is 4. The van der Waals surface area contributed by atoms with Crippen molar-refractivity contribution in [2.75, 3.05) is 0 Å². The lowest BCUT2D eigenvalue weighted by Crippen LogP contribution is -2.36. The SMILES string of the molecule is Cc1cc2nnc(SC(C)C(=O)NC(C)C)n2c(C)n1. The highest BCUT2D eigenvalue weighted by Gasteiger charge is 2.19. The van der Waals surface area contributed by atoms with E-state index in [1.807, 2.05) is 45.1 Å². The third kappa shape index (κ3) is 3.09. The van der Waals surface area contributed by atoms with Crippen molar-refractivity contribution in [1.82, 2.24) is 24.9 Å². The smallest absolute Gasteiger partial charge is 0.233 e. The van der Waals surface area contributed by atoms with Crippen LogP contribution in [0.3, 0.4) is 0 Å². The van der Waals surface area contributed by atoms with Gasteiger partial charge in [0, 0.05) is 17.8 Å². The van der Waals surface area contributed by atoms with Gasteiger partial charge in [0.1, 0.15) is 5.82 Å². The minimum Gasteiger partial charge on any atom is -0.353 e. The number of thioether (sulfide) groups is 1. The lowest BCUT2D eigenvalue weighted by atomic mass is 10.3. The maximum Gasteiger partial charge on any atom is 0.233 e. The van der Waals surface area contributed by atoms with Gasteiger partial charge in [-0.1, -0.05) is 11.8 Å². The summed E-state index contributed by atoms with van der Waals surface area (Å²) >= 11 is 1.39. The van der Waals surface area contributed by atoms with E-state index in [-0.39, 0.29) is 17.2 Å². The lowest BCUT2D eigenvalue weighted by molar-refractivity contribution is -0.120. The Labute approximate surface area is 122 Å². The summed E-state index contributed by atoms with van der Waals surface area (Å²) in [7, 11) is 0. The standard InChI is InChI=1S/C13H19N5OS/c1-7(2)14-12(19)9(4)20-13-17-16-11-6-8(3)15-10(5)18(11)13/h6-7,9H,1-5H3,(H,14,19). The van der Waals surface area contributed by atoms with Crippen molar-refractivity contribution in [1.29, 1.82) is 0 Å². The summed E-state index contributed by atoms with van der Waals surface area (Å²) in [5, 5.41) is 11.6. The van der Waals surface area contributed by atoms with Crippen molar-refractivity contribution >= 4 is 23.3 Å². The third-order valence-corrected chi connectivity index (χ3v) is 3.78. The van der Waals surface area contributed by atoms with Gasteiger partial charge in [0.15, 0.2) is 10.8 Å². The van der Waals surface area contributed by atoms with Gasteiger partial charge in [-0.3, -0.25) is 9.20 Å². The highest BCUT2D eigenvalue weighted by molar-refractivity contribution is 8.00. The highest BCUT2D eigenvalue weighted by atomic mass is 32.2. The number of aryl methyl sites for hydroxylation is 2. The molecule has 108 valence electrons. The zero-order valence-corrected chi connectivity index (χ0v) is 13.2. The number of hydrogen-bond donors (Lipinski definition) is 1. The number of nitrogens with one attached hydrogen (secondary N) is 1.